The first-order chi connectivity index (χ1) is 8.70. The van der Waals surface area contributed by atoms with Crippen LogP contribution in [0.3, 0.4) is 0 Å². The van der Waals surface area contributed by atoms with Crippen LogP contribution in [-0.4, -0.2) is 31.1 Å². The van der Waals surface area contributed by atoms with E-state index in [9.17, 15) is 0 Å². The van der Waals surface area contributed by atoms with Crippen molar-refractivity contribution in [2.24, 2.45) is 5.92 Å². The van der Waals surface area contributed by atoms with Crippen LogP contribution in [0.25, 0.3) is 0 Å². The van der Waals surface area contributed by atoms with E-state index >= 15 is 0 Å². The van der Waals surface area contributed by atoms with E-state index in [0.29, 0.717) is 6.04 Å². The van der Waals surface area contributed by atoms with Crippen molar-refractivity contribution in [3.63, 3.8) is 0 Å². The quantitative estimate of drug-likeness (QED) is 0.886. The molecular weight excluding hydrogens is 264 g/mol. The van der Waals surface area contributed by atoms with Crippen LogP contribution in [0.1, 0.15) is 38.3 Å². The smallest absolute Gasteiger partial charge is 0.0931 e. The fourth-order valence-electron chi connectivity index (χ4n) is 2.71. The van der Waals surface area contributed by atoms with Crippen LogP contribution in [0.2, 0.25) is 4.34 Å². The van der Waals surface area contributed by atoms with Crippen molar-refractivity contribution in [2.75, 3.05) is 26.2 Å². The van der Waals surface area contributed by atoms with Crippen molar-refractivity contribution < 1.29 is 0 Å². The molecule has 18 heavy (non-hydrogen) atoms. The van der Waals surface area contributed by atoms with Crippen LogP contribution in [0.4, 0.5) is 0 Å². The summed E-state index contributed by atoms with van der Waals surface area (Å²) in [6.45, 7) is 9.24. The molecule has 1 aliphatic rings. The van der Waals surface area contributed by atoms with Crippen molar-refractivity contribution in [1.82, 2.24) is 10.2 Å². The minimum absolute atomic E-state index is 0.480. The number of rotatable bonds is 5. The maximum Gasteiger partial charge on any atom is 0.0931 e. The average molecular weight is 287 g/mol. The summed E-state index contributed by atoms with van der Waals surface area (Å²) in [5.41, 5.74) is 1.36. The Labute approximate surface area is 119 Å². The zero-order valence-electron chi connectivity index (χ0n) is 11.3. The van der Waals surface area contributed by atoms with Gasteiger partial charge in [-0.25, -0.2) is 0 Å². The molecule has 1 aliphatic heterocycles. The van der Waals surface area contributed by atoms with Gasteiger partial charge in [0.1, 0.15) is 0 Å². The second-order valence-corrected chi connectivity index (χ2v) is 6.68. The number of hydrogen-bond donors (Lipinski definition) is 1. The van der Waals surface area contributed by atoms with E-state index in [1.807, 2.05) is 0 Å². The maximum atomic E-state index is 6.04. The second kappa shape index (κ2) is 6.90. The largest absolute Gasteiger partial charge is 0.317 e. The summed E-state index contributed by atoms with van der Waals surface area (Å²) in [5, 5.41) is 5.63. The third kappa shape index (κ3) is 3.70. The second-order valence-electron chi connectivity index (χ2n) is 5.14. The van der Waals surface area contributed by atoms with Gasteiger partial charge in [-0.1, -0.05) is 18.5 Å². The monoisotopic (exact) mass is 286 g/mol. The molecule has 4 heteroatoms. The van der Waals surface area contributed by atoms with E-state index in [2.05, 4.69) is 35.5 Å². The van der Waals surface area contributed by atoms with Gasteiger partial charge in [0, 0.05) is 12.6 Å². The van der Waals surface area contributed by atoms with Crippen LogP contribution < -0.4 is 5.32 Å². The summed E-state index contributed by atoms with van der Waals surface area (Å²) in [7, 11) is 0. The molecule has 1 atom stereocenters. The normalized spacial score (nSPS) is 19.3. The maximum absolute atomic E-state index is 6.04. The number of hydrogen-bond acceptors (Lipinski definition) is 3. The molecule has 0 aliphatic carbocycles. The van der Waals surface area contributed by atoms with Crippen LogP contribution in [0.15, 0.2) is 11.4 Å². The van der Waals surface area contributed by atoms with Gasteiger partial charge in [-0.05, 0) is 62.3 Å². The lowest BCUT2D eigenvalue weighted by molar-refractivity contribution is 0.169. The van der Waals surface area contributed by atoms with E-state index in [1.54, 1.807) is 11.3 Å². The summed E-state index contributed by atoms with van der Waals surface area (Å²) in [5.74, 6) is 0.850. The number of nitrogens with one attached hydrogen (secondary N) is 1. The minimum Gasteiger partial charge on any atom is -0.317 e. The predicted octanol–water partition coefficient (Wildman–Crippen LogP) is 3.78. The Kier molecular flexibility index (Phi) is 5.49. The molecule has 1 unspecified atom stereocenters. The minimum atomic E-state index is 0.480. The molecule has 1 aromatic rings. The molecule has 0 spiro atoms. The lowest BCUT2D eigenvalue weighted by atomic mass is 9.96. The molecule has 0 bridgehead atoms. The van der Waals surface area contributed by atoms with Gasteiger partial charge >= 0.3 is 0 Å². The average Bonchev–Trinajstić information content (AvgIpc) is 2.83. The molecule has 0 radical (unpaired) electrons. The molecule has 1 aromatic heterocycles. The summed E-state index contributed by atoms with van der Waals surface area (Å²) in [6.07, 6.45) is 2.63. The molecule has 0 saturated carbocycles. The van der Waals surface area contributed by atoms with E-state index in [4.69, 9.17) is 11.6 Å². The van der Waals surface area contributed by atoms with E-state index in [1.165, 1.54) is 38.0 Å². The zero-order chi connectivity index (χ0) is 13.0. The van der Waals surface area contributed by atoms with Gasteiger partial charge in [-0.15, -0.1) is 11.3 Å². The number of nitrogens with zero attached hydrogens (tertiary/aromatic N) is 1. The molecule has 0 aromatic carbocycles. The highest BCUT2D eigenvalue weighted by Gasteiger charge is 2.21. The molecule has 2 rings (SSSR count). The van der Waals surface area contributed by atoms with Crippen LogP contribution in [0, 0.1) is 5.92 Å². The third-order valence-electron chi connectivity index (χ3n) is 3.98. The standard InChI is InChI=1S/C14H23ClN2S/c1-3-17(9-12-4-6-16-7-5-12)11(2)13-8-14(15)18-10-13/h8,10-12,16H,3-7,9H2,1-2H3. The van der Waals surface area contributed by atoms with Crippen molar-refractivity contribution >= 4 is 22.9 Å². The van der Waals surface area contributed by atoms with Gasteiger partial charge in [0.15, 0.2) is 0 Å². The van der Waals surface area contributed by atoms with Crippen LogP contribution in [-0.2, 0) is 0 Å². The SMILES string of the molecule is CCN(CC1CCNCC1)C(C)c1csc(Cl)c1. The van der Waals surface area contributed by atoms with Crippen molar-refractivity contribution in [3.05, 3.63) is 21.3 Å². The summed E-state index contributed by atoms with van der Waals surface area (Å²) in [4.78, 5) is 2.58. The van der Waals surface area contributed by atoms with E-state index in [-0.39, 0.29) is 0 Å². The first-order valence-corrected chi connectivity index (χ1v) is 8.15. The first kappa shape index (κ1) is 14.3. The summed E-state index contributed by atoms with van der Waals surface area (Å²) in [6, 6.07) is 2.59. The van der Waals surface area contributed by atoms with E-state index < -0.39 is 0 Å². The fourth-order valence-corrected chi connectivity index (χ4v) is 3.69. The lowest BCUT2D eigenvalue weighted by Gasteiger charge is -2.33. The Morgan fingerprint density at radius 1 is 1.50 bits per heavy atom. The highest BCUT2D eigenvalue weighted by Crippen LogP contribution is 2.29. The highest BCUT2D eigenvalue weighted by molar-refractivity contribution is 7.14. The Morgan fingerprint density at radius 2 is 2.22 bits per heavy atom. The Hall–Kier alpha value is -0.0900. The molecule has 1 fully saturated rings. The van der Waals surface area contributed by atoms with Gasteiger partial charge in [-0.2, -0.15) is 0 Å². The molecule has 1 saturated heterocycles. The fraction of sp³-hybridized carbons (Fsp3) is 0.714. The van der Waals surface area contributed by atoms with Crippen LogP contribution in [0.5, 0.6) is 0 Å². The van der Waals surface area contributed by atoms with E-state index in [0.717, 1.165) is 16.8 Å². The topological polar surface area (TPSA) is 15.3 Å². The third-order valence-corrected chi connectivity index (χ3v) is 5.08. The lowest BCUT2D eigenvalue weighted by Crippen LogP contribution is -2.37. The Bertz CT molecular complexity index is 360. The first-order valence-electron chi connectivity index (χ1n) is 6.89. The number of halogens is 1. The molecular formula is C14H23ClN2S. The molecule has 2 nitrogen and oxygen atoms in total. The van der Waals surface area contributed by atoms with Gasteiger partial charge < -0.3 is 5.32 Å². The van der Waals surface area contributed by atoms with Crippen LogP contribution >= 0.6 is 22.9 Å². The summed E-state index contributed by atoms with van der Waals surface area (Å²) >= 11 is 7.67. The Morgan fingerprint density at radius 3 is 2.78 bits per heavy atom. The number of piperidine rings is 1. The highest BCUT2D eigenvalue weighted by atomic mass is 35.5. The van der Waals surface area contributed by atoms with Crippen molar-refractivity contribution in [3.8, 4) is 0 Å². The molecule has 2 heterocycles. The van der Waals surface area contributed by atoms with Crippen molar-refractivity contribution in [2.45, 2.75) is 32.7 Å². The molecule has 0 amide bonds. The molecule has 102 valence electrons. The van der Waals surface area contributed by atoms with Gasteiger partial charge in [-0.3, -0.25) is 4.90 Å². The zero-order valence-corrected chi connectivity index (χ0v) is 12.9. The van der Waals surface area contributed by atoms with Gasteiger partial charge in [0.2, 0.25) is 0 Å². The van der Waals surface area contributed by atoms with Gasteiger partial charge in [0.05, 0.1) is 4.34 Å². The molecule has 1 N–H and O–H groups in total. The van der Waals surface area contributed by atoms with Crippen molar-refractivity contribution in [1.29, 1.82) is 0 Å². The van der Waals surface area contributed by atoms with Gasteiger partial charge in [0.25, 0.3) is 0 Å². The summed E-state index contributed by atoms with van der Waals surface area (Å²) < 4.78 is 0.898. The predicted molar refractivity (Wildman–Crippen MR) is 80.6 cm³/mol. The number of thiophene rings is 1. The Balaban J connectivity index is 1.94.